The molecule has 0 atom stereocenters. The van der Waals surface area contributed by atoms with Gasteiger partial charge in [0.15, 0.2) is 31.3 Å². The molecule has 2 aromatic heterocycles. The molecule has 0 radical (unpaired) electrons. The van der Waals surface area contributed by atoms with Gasteiger partial charge in [0.2, 0.25) is 5.69 Å². The Morgan fingerprint density at radius 3 is 1.74 bits per heavy atom. The van der Waals surface area contributed by atoms with Gasteiger partial charge < -0.3 is 44.4 Å². The van der Waals surface area contributed by atoms with Crippen LogP contribution < -0.4 is 33.9 Å². The zero-order valence-electron chi connectivity index (χ0n) is 16.2. The van der Waals surface area contributed by atoms with Crippen molar-refractivity contribution in [1.82, 2.24) is 0 Å². The van der Waals surface area contributed by atoms with E-state index in [0.717, 1.165) is 11.1 Å². The molecule has 1 aromatic carbocycles. The van der Waals surface area contributed by atoms with E-state index in [1.165, 1.54) is 0 Å². The Morgan fingerprint density at radius 1 is 0.710 bits per heavy atom. The number of aromatic nitrogens is 2. The molecule has 0 aliphatic heterocycles. The van der Waals surface area contributed by atoms with Crippen molar-refractivity contribution in [2.45, 2.75) is 12.7 Å². The Labute approximate surface area is 192 Å². The zero-order chi connectivity index (χ0) is 21.1. The van der Waals surface area contributed by atoms with Gasteiger partial charge >= 0.3 is 15.2 Å². The number of hydrogen-bond acceptors (Lipinski definition) is 2. The van der Waals surface area contributed by atoms with Gasteiger partial charge in [0.05, 0.1) is 6.16 Å². The van der Waals surface area contributed by atoms with E-state index in [0.29, 0.717) is 11.3 Å². The van der Waals surface area contributed by atoms with E-state index >= 15 is 0 Å². The molecule has 4 N–H and O–H groups in total. The Balaban J connectivity index is 0.00000240. The molecule has 3 rings (SSSR count). The second-order valence-corrected chi connectivity index (χ2v) is 10.1. The van der Waals surface area contributed by atoms with Gasteiger partial charge in [-0.2, -0.15) is 4.57 Å². The lowest BCUT2D eigenvalue weighted by Crippen LogP contribution is -3.00. The Bertz CT molecular complexity index is 1090. The molecule has 0 saturated heterocycles. The van der Waals surface area contributed by atoms with Crippen LogP contribution in [0.2, 0.25) is 0 Å². The molecule has 0 aliphatic carbocycles. The number of halogens is 2. The summed E-state index contributed by atoms with van der Waals surface area (Å²) in [6, 6.07) is 14.6. The van der Waals surface area contributed by atoms with E-state index in [9.17, 15) is 18.9 Å². The Morgan fingerprint density at radius 2 is 1.23 bits per heavy atom. The quantitative estimate of drug-likeness (QED) is 0.190. The standard InChI is InChI=1S/C19H20N2O6P2.2ClH/c22-28(23,24)14-13-20-9-5-16(6-10-20)17-7-11-21(12-8-17)19-4-2-1-3-18(19)15-29(25,26)27;;/h1-12H,13-15H2,(H2-2,22,23,24,25,26,27);2*1H. The third-order valence-corrected chi connectivity index (χ3v) is 5.88. The van der Waals surface area contributed by atoms with Crippen molar-refractivity contribution >= 4 is 15.2 Å². The maximum atomic E-state index is 11.4. The van der Waals surface area contributed by atoms with E-state index in [2.05, 4.69) is 0 Å². The van der Waals surface area contributed by atoms with Crippen LogP contribution in [0.5, 0.6) is 0 Å². The number of hydrogen-bond donors (Lipinski definition) is 4. The number of aryl methyl sites for hydroxylation is 1. The lowest BCUT2D eigenvalue weighted by molar-refractivity contribution is -0.692. The number of pyridine rings is 2. The molecule has 0 fully saturated rings. The summed E-state index contributed by atoms with van der Waals surface area (Å²) in [5, 5.41) is 0. The van der Waals surface area contributed by atoms with Crippen molar-refractivity contribution in [1.29, 1.82) is 0 Å². The van der Waals surface area contributed by atoms with Crippen LogP contribution in [-0.2, 0) is 21.8 Å². The van der Waals surface area contributed by atoms with Crippen LogP contribution in [0.3, 0.4) is 0 Å². The summed E-state index contributed by atoms with van der Waals surface area (Å²) in [4.78, 5) is 36.5. The largest absolute Gasteiger partial charge is 1.00 e. The summed E-state index contributed by atoms with van der Waals surface area (Å²) in [6.45, 7) is 0.232. The van der Waals surface area contributed by atoms with E-state index < -0.39 is 15.2 Å². The maximum Gasteiger partial charge on any atom is 0.331 e. The SMILES string of the molecule is O=P(O)(O)CC[n+]1ccc(-c2cc[n+](-c3ccccc3CP(=O)(O)O)cc2)cc1.[Cl-].[Cl-]. The molecule has 0 spiro atoms. The molecule has 0 saturated carbocycles. The first kappa shape index (κ1) is 27.4. The average Bonchev–Trinajstić information content (AvgIpc) is 2.66. The highest BCUT2D eigenvalue weighted by atomic mass is 35.5. The summed E-state index contributed by atoms with van der Waals surface area (Å²) < 4.78 is 25.9. The molecule has 168 valence electrons. The van der Waals surface area contributed by atoms with E-state index in [4.69, 9.17) is 9.79 Å². The highest BCUT2D eigenvalue weighted by molar-refractivity contribution is 7.51. The van der Waals surface area contributed by atoms with Crippen molar-refractivity contribution in [3.05, 3.63) is 78.9 Å². The monoisotopic (exact) mass is 506 g/mol. The first-order chi connectivity index (χ1) is 13.6. The van der Waals surface area contributed by atoms with Gasteiger partial charge in [-0.15, -0.1) is 0 Å². The number of rotatable bonds is 7. The second-order valence-electron chi connectivity index (χ2n) is 6.66. The normalized spacial score (nSPS) is 11.4. The fraction of sp³-hybridized carbons (Fsp3) is 0.158. The Kier molecular flexibility index (Phi) is 10.0. The Hall–Kier alpha value is -1.60. The van der Waals surface area contributed by atoms with Gasteiger partial charge in [-0.05, 0) is 11.1 Å². The van der Waals surface area contributed by atoms with Crippen LogP contribution in [0.15, 0.2) is 73.3 Å². The van der Waals surface area contributed by atoms with Gasteiger partial charge in [0.1, 0.15) is 6.16 Å². The van der Waals surface area contributed by atoms with Crippen LogP contribution in [-0.4, -0.2) is 25.7 Å². The molecule has 0 bridgehead atoms. The second kappa shape index (κ2) is 11.3. The van der Waals surface area contributed by atoms with Gasteiger partial charge in [-0.3, -0.25) is 9.13 Å². The summed E-state index contributed by atoms with van der Waals surface area (Å²) in [5.41, 5.74) is 3.14. The molecule has 8 nitrogen and oxygen atoms in total. The minimum Gasteiger partial charge on any atom is -1.00 e. The van der Waals surface area contributed by atoms with Crippen molar-refractivity contribution in [2.75, 3.05) is 6.16 Å². The fourth-order valence-electron chi connectivity index (χ4n) is 2.94. The van der Waals surface area contributed by atoms with Gasteiger partial charge in [-0.1, -0.05) is 18.2 Å². The highest BCUT2D eigenvalue weighted by Crippen LogP contribution is 2.39. The third-order valence-electron chi connectivity index (χ3n) is 4.35. The van der Waals surface area contributed by atoms with Crippen LogP contribution in [0, 0.1) is 0 Å². The topological polar surface area (TPSA) is 123 Å². The lowest BCUT2D eigenvalue weighted by Gasteiger charge is -2.07. The van der Waals surface area contributed by atoms with Crippen LogP contribution in [0.1, 0.15) is 5.56 Å². The summed E-state index contributed by atoms with van der Waals surface area (Å²) >= 11 is 0. The minimum absolute atomic E-state index is 0. The molecule has 0 unspecified atom stereocenters. The summed E-state index contributed by atoms with van der Waals surface area (Å²) in [6.07, 6.45) is 6.63. The first-order valence-corrected chi connectivity index (χ1v) is 12.4. The number of para-hydroxylation sites is 1. The molecule has 2 heterocycles. The van der Waals surface area contributed by atoms with E-state index in [1.807, 2.05) is 42.7 Å². The molecular weight excluding hydrogens is 485 g/mol. The van der Waals surface area contributed by atoms with Crippen LogP contribution in [0.25, 0.3) is 16.8 Å². The van der Waals surface area contributed by atoms with Crippen molar-refractivity contribution in [3.8, 4) is 16.8 Å². The number of nitrogens with zero attached hydrogens (tertiary/aromatic N) is 2. The van der Waals surface area contributed by atoms with Gasteiger partial charge in [-0.25, -0.2) is 4.57 Å². The van der Waals surface area contributed by atoms with Crippen molar-refractivity contribution in [2.24, 2.45) is 0 Å². The van der Waals surface area contributed by atoms with Gasteiger partial charge in [0.25, 0.3) is 0 Å². The predicted molar refractivity (Wildman–Crippen MR) is 106 cm³/mol. The third kappa shape index (κ3) is 8.45. The molecule has 31 heavy (non-hydrogen) atoms. The first-order valence-electron chi connectivity index (χ1n) is 8.79. The minimum atomic E-state index is -4.18. The molecule has 0 aliphatic rings. The molecule has 0 amide bonds. The van der Waals surface area contributed by atoms with Crippen LogP contribution in [0.4, 0.5) is 0 Å². The summed E-state index contributed by atoms with van der Waals surface area (Å²) in [7, 11) is -8.20. The molecule has 3 aromatic rings. The van der Waals surface area contributed by atoms with Crippen molar-refractivity contribution in [3.63, 3.8) is 0 Å². The smallest absolute Gasteiger partial charge is 0.331 e. The summed E-state index contributed by atoms with van der Waals surface area (Å²) in [5.74, 6) is 0. The number of benzene rings is 1. The maximum absolute atomic E-state index is 11.4. The average molecular weight is 507 g/mol. The van der Waals surface area contributed by atoms with Gasteiger partial charge in [0, 0.05) is 35.9 Å². The van der Waals surface area contributed by atoms with E-state index in [-0.39, 0.29) is 43.7 Å². The fourth-order valence-corrected chi connectivity index (χ4v) is 4.15. The zero-order valence-corrected chi connectivity index (χ0v) is 19.5. The van der Waals surface area contributed by atoms with Crippen molar-refractivity contribution < 1.29 is 62.7 Å². The molecule has 12 heteroatoms. The highest BCUT2D eigenvalue weighted by Gasteiger charge is 2.21. The molecular formula is C19H22Cl2N2O6P2. The predicted octanol–water partition coefficient (Wildman–Crippen LogP) is -4.22. The van der Waals surface area contributed by atoms with Crippen LogP contribution >= 0.6 is 15.2 Å². The lowest BCUT2D eigenvalue weighted by atomic mass is 10.1. The van der Waals surface area contributed by atoms with E-state index in [1.54, 1.807) is 39.7 Å².